The molecule has 8 nitrogen and oxygen atoms in total. The van der Waals surface area contributed by atoms with Crippen LogP contribution in [0.2, 0.25) is 5.02 Å². The Morgan fingerprint density at radius 3 is 2.64 bits per heavy atom. The van der Waals surface area contributed by atoms with Crippen LogP contribution in [-0.2, 0) is 16.1 Å². The molecule has 4 N–H and O–H groups in total. The molecule has 0 fully saturated rings. The Balaban J connectivity index is 1.52. The standard InChI is InChI=1S/C23H24ClF3N4O4S/c1-23(2,34)8-13(29-19(32)10-28-9-12-4-3-5-14(25)20(12)24)11-35-22(33)31-21-30-17-6-15(26)16(27)7-18(17)36-21/h3-7,13,28,34H,8-11H2,1-2H3,(H,29,32)(H,30,31,33)/t13-/m0/s1. The molecule has 3 aromatic rings. The summed E-state index contributed by atoms with van der Waals surface area (Å²) in [7, 11) is 0. The van der Waals surface area contributed by atoms with Gasteiger partial charge in [0, 0.05) is 12.6 Å². The number of hydrogen-bond acceptors (Lipinski definition) is 7. The van der Waals surface area contributed by atoms with Crippen LogP contribution < -0.4 is 16.0 Å². The van der Waals surface area contributed by atoms with Gasteiger partial charge in [0.1, 0.15) is 12.4 Å². The second kappa shape index (κ2) is 11.9. The Kier molecular flexibility index (Phi) is 9.12. The van der Waals surface area contributed by atoms with Crippen molar-refractivity contribution in [2.24, 2.45) is 0 Å². The normalized spacial score (nSPS) is 12.4. The van der Waals surface area contributed by atoms with Crippen molar-refractivity contribution in [1.29, 1.82) is 0 Å². The van der Waals surface area contributed by atoms with Gasteiger partial charge < -0.3 is 20.5 Å². The summed E-state index contributed by atoms with van der Waals surface area (Å²) in [5.41, 5.74) is -0.521. The number of hydrogen-bond donors (Lipinski definition) is 4. The average molecular weight is 545 g/mol. The minimum Gasteiger partial charge on any atom is -0.447 e. The summed E-state index contributed by atoms with van der Waals surface area (Å²) in [6.45, 7) is 2.81. The molecule has 1 atom stereocenters. The number of carbonyl (C=O) groups excluding carboxylic acids is 2. The number of aromatic nitrogens is 1. The molecular weight excluding hydrogens is 521 g/mol. The summed E-state index contributed by atoms with van der Waals surface area (Å²) in [6.07, 6.45) is -0.828. The maximum Gasteiger partial charge on any atom is 0.413 e. The molecule has 1 aromatic heterocycles. The Morgan fingerprint density at radius 1 is 1.19 bits per heavy atom. The lowest BCUT2D eigenvalue weighted by molar-refractivity contribution is -0.121. The molecule has 0 aliphatic heterocycles. The number of thiazole rings is 1. The summed E-state index contributed by atoms with van der Waals surface area (Å²) in [5, 5.41) is 18.1. The summed E-state index contributed by atoms with van der Waals surface area (Å²) >= 11 is 6.83. The first-order valence-corrected chi connectivity index (χ1v) is 12.0. The van der Waals surface area contributed by atoms with E-state index in [0.29, 0.717) is 10.3 Å². The zero-order valence-electron chi connectivity index (χ0n) is 19.3. The number of aliphatic hydroxyl groups is 1. The smallest absolute Gasteiger partial charge is 0.413 e. The van der Waals surface area contributed by atoms with Gasteiger partial charge in [-0.2, -0.15) is 0 Å². The highest BCUT2D eigenvalue weighted by Crippen LogP contribution is 2.28. The highest BCUT2D eigenvalue weighted by molar-refractivity contribution is 7.22. The van der Waals surface area contributed by atoms with Gasteiger partial charge in [0.25, 0.3) is 0 Å². The molecule has 0 saturated heterocycles. The van der Waals surface area contributed by atoms with E-state index in [4.69, 9.17) is 16.3 Å². The Morgan fingerprint density at radius 2 is 1.92 bits per heavy atom. The summed E-state index contributed by atoms with van der Waals surface area (Å²) in [6, 6.07) is 5.52. The van der Waals surface area contributed by atoms with Gasteiger partial charge in [-0.3, -0.25) is 10.1 Å². The van der Waals surface area contributed by atoms with Crippen LogP contribution >= 0.6 is 22.9 Å². The zero-order valence-corrected chi connectivity index (χ0v) is 20.9. The van der Waals surface area contributed by atoms with E-state index in [1.165, 1.54) is 26.0 Å². The molecule has 0 saturated carbocycles. The number of anilines is 1. The summed E-state index contributed by atoms with van der Waals surface area (Å²) in [5.74, 6) is -3.10. The number of rotatable bonds is 10. The van der Waals surface area contributed by atoms with E-state index in [9.17, 15) is 27.9 Å². The lowest BCUT2D eigenvalue weighted by atomic mass is 9.99. The first-order chi connectivity index (χ1) is 16.9. The quantitative estimate of drug-likeness (QED) is 0.302. The monoisotopic (exact) mass is 544 g/mol. The second-order valence-electron chi connectivity index (χ2n) is 8.57. The molecule has 13 heteroatoms. The van der Waals surface area contributed by atoms with Crippen LogP contribution in [0.1, 0.15) is 25.8 Å². The maximum atomic E-state index is 13.5. The number of nitrogens with one attached hydrogen (secondary N) is 3. The first-order valence-electron chi connectivity index (χ1n) is 10.8. The van der Waals surface area contributed by atoms with E-state index in [1.54, 1.807) is 6.07 Å². The van der Waals surface area contributed by atoms with E-state index >= 15 is 0 Å². The molecule has 0 aliphatic rings. The number of fused-ring (bicyclic) bond motifs is 1. The van der Waals surface area contributed by atoms with Gasteiger partial charge in [0.15, 0.2) is 16.8 Å². The Bertz CT molecular complexity index is 1210. The molecule has 0 radical (unpaired) electrons. The molecule has 0 unspecified atom stereocenters. The highest BCUT2D eigenvalue weighted by atomic mass is 35.5. The third-order valence-electron chi connectivity index (χ3n) is 4.80. The minimum atomic E-state index is -1.18. The Hall–Kier alpha value is -2.93. The third-order valence-corrected chi connectivity index (χ3v) is 6.16. The van der Waals surface area contributed by atoms with Crippen molar-refractivity contribution in [3.8, 4) is 0 Å². The molecule has 0 bridgehead atoms. The molecule has 2 amide bonds. The minimum absolute atomic E-state index is 0.0341. The van der Waals surface area contributed by atoms with Crippen LogP contribution in [0.5, 0.6) is 0 Å². The molecule has 36 heavy (non-hydrogen) atoms. The molecule has 194 valence electrons. The molecule has 3 rings (SSSR count). The Labute approximate surface area is 213 Å². The maximum absolute atomic E-state index is 13.5. The number of amides is 2. The van der Waals surface area contributed by atoms with Gasteiger partial charge in [-0.05, 0) is 38.0 Å². The van der Waals surface area contributed by atoms with Crippen LogP contribution in [0.15, 0.2) is 30.3 Å². The fourth-order valence-corrected chi connectivity index (χ4v) is 4.36. The van der Waals surface area contributed by atoms with Gasteiger partial charge >= 0.3 is 6.09 Å². The van der Waals surface area contributed by atoms with Crippen LogP contribution in [0.4, 0.5) is 23.1 Å². The van der Waals surface area contributed by atoms with Gasteiger partial charge in [-0.15, -0.1) is 0 Å². The summed E-state index contributed by atoms with van der Waals surface area (Å²) in [4.78, 5) is 28.6. The number of benzene rings is 2. The van der Waals surface area contributed by atoms with Crippen molar-refractivity contribution in [1.82, 2.24) is 15.6 Å². The van der Waals surface area contributed by atoms with Crippen molar-refractivity contribution in [3.05, 3.63) is 58.4 Å². The van der Waals surface area contributed by atoms with Crippen molar-refractivity contribution in [2.45, 2.75) is 38.5 Å². The molecule has 0 spiro atoms. The predicted molar refractivity (Wildman–Crippen MR) is 130 cm³/mol. The van der Waals surface area contributed by atoms with Gasteiger partial charge in [-0.25, -0.2) is 22.9 Å². The van der Waals surface area contributed by atoms with Crippen LogP contribution in [0.25, 0.3) is 10.2 Å². The molecule has 0 aliphatic carbocycles. The van der Waals surface area contributed by atoms with Crippen molar-refractivity contribution < 1.29 is 32.6 Å². The zero-order chi connectivity index (χ0) is 26.5. The molecule has 2 aromatic carbocycles. The van der Waals surface area contributed by atoms with E-state index in [0.717, 1.165) is 23.5 Å². The predicted octanol–water partition coefficient (Wildman–Crippen LogP) is 4.35. The van der Waals surface area contributed by atoms with Crippen molar-refractivity contribution >= 4 is 50.3 Å². The summed E-state index contributed by atoms with van der Waals surface area (Å²) < 4.78 is 45.8. The van der Waals surface area contributed by atoms with Crippen LogP contribution in [0, 0.1) is 17.5 Å². The van der Waals surface area contributed by atoms with Crippen LogP contribution in [0.3, 0.4) is 0 Å². The highest BCUT2D eigenvalue weighted by Gasteiger charge is 2.24. The topological polar surface area (TPSA) is 113 Å². The van der Waals surface area contributed by atoms with E-state index < -0.39 is 41.1 Å². The van der Waals surface area contributed by atoms with Crippen molar-refractivity contribution in [2.75, 3.05) is 18.5 Å². The fraction of sp³-hybridized carbons (Fsp3) is 0.348. The lowest BCUT2D eigenvalue weighted by Crippen LogP contribution is -2.46. The van der Waals surface area contributed by atoms with E-state index in [2.05, 4.69) is 20.9 Å². The number of nitrogens with zero attached hydrogens (tertiary/aromatic N) is 1. The van der Waals surface area contributed by atoms with E-state index in [1.807, 2.05) is 0 Å². The largest absolute Gasteiger partial charge is 0.447 e. The SMILES string of the molecule is CC(C)(O)C[C@@H](COC(=O)Nc1nc2cc(F)c(F)cc2s1)NC(=O)CNCc1cccc(F)c1Cl. The van der Waals surface area contributed by atoms with E-state index in [-0.39, 0.29) is 41.8 Å². The molecular formula is C23H24ClF3N4O4S. The van der Waals surface area contributed by atoms with Gasteiger partial charge in [0.05, 0.1) is 33.4 Å². The molecule has 1 heterocycles. The van der Waals surface area contributed by atoms with Crippen molar-refractivity contribution in [3.63, 3.8) is 0 Å². The average Bonchev–Trinajstić information content (AvgIpc) is 3.15. The lowest BCUT2D eigenvalue weighted by Gasteiger charge is -2.25. The number of carbonyl (C=O) groups is 2. The third kappa shape index (κ3) is 8.05. The first kappa shape index (κ1) is 27.7. The second-order valence-corrected chi connectivity index (χ2v) is 9.98. The number of halogens is 4. The van der Waals surface area contributed by atoms with Gasteiger partial charge in [0.2, 0.25) is 5.91 Å². The fourth-order valence-electron chi connectivity index (χ4n) is 3.31. The van der Waals surface area contributed by atoms with Crippen LogP contribution in [-0.4, -0.2) is 46.9 Å². The van der Waals surface area contributed by atoms with Gasteiger partial charge in [-0.1, -0.05) is 35.1 Å². The number of ether oxygens (including phenoxy) is 1.